The molecule has 2 aromatic rings. The maximum atomic E-state index is 11.9. The number of nitrogens with one attached hydrogen (secondary N) is 2. The van der Waals surface area contributed by atoms with E-state index in [0.717, 1.165) is 25.8 Å². The molecule has 0 aliphatic carbocycles. The van der Waals surface area contributed by atoms with Crippen LogP contribution in [-0.4, -0.2) is 18.4 Å². The number of rotatable bonds is 5. The molecule has 0 fully saturated rings. The Morgan fingerprint density at radius 2 is 1.88 bits per heavy atom. The summed E-state index contributed by atoms with van der Waals surface area (Å²) in [5, 5.41) is 5.33. The average molecular weight is 452 g/mol. The smallest absolute Gasteiger partial charge is 0.244 e. The zero-order valence-corrected chi connectivity index (χ0v) is 16.1. The maximum absolute atomic E-state index is 11.9. The van der Waals surface area contributed by atoms with E-state index in [9.17, 15) is 9.59 Å². The molecule has 4 nitrogen and oxygen atoms in total. The van der Waals surface area contributed by atoms with E-state index in [1.165, 1.54) is 6.08 Å². The van der Waals surface area contributed by atoms with Crippen LogP contribution in [0.2, 0.25) is 0 Å². The lowest BCUT2D eigenvalue weighted by atomic mass is 10.2. The van der Waals surface area contributed by atoms with Gasteiger partial charge in [-0.05, 0) is 48.4 Å². The predicted octanol–water partition coefficient (Wildman–Crippen LogP) is 4.29. The normalized spacial score (nSPS) is 10.6. The van der Waals surface area contributed by atoms with Crippen molar-refractivity contribution in [3.05, 3.63) is 68.6 Å². The molecule has 0 saturated carbocycles. The summed E-state index contributed by atoms with van der Waals surface area (Å²) in [6, 6.07) is 13.1. The van der Waals surface area contributed by atoms with Gasteiger partial charge in [-0.2, -0.15) is 0 Å². The Labute approximate surface area is 157 Å². The second-order valence-corrected chi connectivity index (χ2v) is 6.85. The standard InChI is InChI=1S/C18H16Br2N2O2/c1-12-10-14(19)7-8-16(12)22-18(24)11-21-17(23)9-6-13-4-2-3-5-15(13)20/h2-10H,11H2,1H3,(H,21,23)(H,22,24)/b9-6+. The second kappa shape index (κ2) is 8.80. The predicted molar refractivity (Wildman–Crippen MR) is 104 cm³/mol. The van der Waals surface area contributed by atoms with Crippen LogP contribution in [-0.2, 0) is 9.59 Å². The average Bonchev–Trinajstić information content (AvgIpc) is 2.55. The fourth-order valence-corrected chi connectivity index (χ4v) is 2.86. The molecule has 2 rings (SSSR count). The number of aryl methyl sites for hydroxylation is 1. The van der Waals surface area contributed by atoms with E-state index in [0.29, 0.717) is 0 Å². The molecular formula is C18H16Br2N2O2. The third-order valence-electron chi connectivity index (χ3n) is 3.21. The molecule has 24 heavy (non-hydrogen) atoms. The highest BCUT2D eigenvalue weighted by atomic mass is 79.9. The molecule has 0 aliphatic rings. The Balaban J connectivity index is 1.85. The minimum absolute atomic E-state index is 0.0887. The Kier molecular flexibility index (Phi) is 6.75. The van der Waals surface area contributed by atoms with Gasteiger partial charge in [-0.3, -0.25) is 9.59 Å². The molecule has 0 heterocycles. The molecular weight excluding hydrogens is 436 g/mol. The molecule has 0 bridgehead atoms. The zero-order valence-electron chi connectivity index (χ0n) is 13.0. The molecule has 0 unspecified atom stereocenters. The summed E-state index contributed by atoms with van der Waals surface area (Å²) in [5.41, 5.74) is 2.56. The van der Waals surface area contributed by atoms with E-state index < -0.39 is 0 Å². The lowest BCUT2D eigenvalue weighted by Crippen LogP contribution is -2.31. The van der Waals surface area contributed by atoms with Crippen molar-refractivity contribution in [2.45, 2.75) is 6.92 Å². The first-order chi connectivity index (χ1) is 11.5. The third kappa shape index (κ3) is 5.62. The first kappa shape index (κ1) is 18.4. The molecule has 2 amide bonds. The van der Waals surface area contributed by atoms with Gasteiger partial charge in [0.25, 0.3) is 0 Å². The molecule has 2 N–H and O–H groups in total. The molecule has 0 atom stereocenters. The van der Waals surface area contributed by atoms with E-state index in [2.05, 4.69) is 42.5 Å². The van der Waals surface area contributed by atoms with Crippen LogP contribution >= 0.6 is 31.9 Å². The van der Waals surface area contributed by atoms with Crippen molar-refractivity contribution in [3.63, 3.8) is 0 Å². The van der Waals surface area contributed by atoms with Crippen molar-refractivity contribution in [3.8, 4) is 0 Å². The Bertz CT molecular complexity index is 788. The SMILES string of the molecule is Cc1cc(Br)ccc1NC(=O)CNC(=O)/C=C/c1ccccc1Br. The lowest BCUT2D eigenvalue weighted by molar-refractivity contribution is -0.121. The Morgan fingerprint density at radius 3 is 2.58 bits per heavy atom. The summed E-state index contributed by atoms with van der Waals surface area (Å²) in [7, 11) is 0. The highest BCUT2D eigenvalue weighted by Crippen LogP contribution is 2.20. The Morgan fingerprint density at radius 1 is 1.12 bits per heavy atom. The van der Waals surface area contributed by atoms with E-state index in [4.69, 9.17) is 0 Å². The number of hydrogen-bond donors (Lipinski definition) is 2. The maximum Gasteiger partial charge on any atom is 0.244 e. The highest BCUT2D eigenvalue weighted by molar-refractivity contribution is 9.10. The summed E-state index contributed by atoms with van der Waals surface area (Å²) < 4.78 is 1.85. The van der Waals surface area contributed by atoms with Crippen LogP contribution in [0.3, 0.4) is 0 Å². The van der Waals surface area contributed by atoms with Crippen LogP contribution < -0.4 is 10.6 Å². The van der Waals surface area contributed by atoms with Gasteiger partial charge < -0.3 is 10.6 Å². The van der Waals surface area contributed by atoms with Crippen molar-refractivity contribution < 1.29 is 9.59 Å². The molecule has 6 heteroatoms. The lowest BCUT2D eigenvalue weighted by Gasteiger charge is -2.09. The van der Waals surface area contributed by atoms with Crippen LogP contribution in [0.15, 0.2) is 57.5 Å². The van der Waals surface area contributed by atoms with Crippen LogP contribution in [0.25, 0.3) is 6.08 Å². The second-order valence-electron chi connectivity index (χ2n) is 5.08. The van der Waals surface area contributed by atoms with Gasteiger partial charge >= 0.3 is 0 Å². The Hall–Kier alpha value is -1.92. The monoisotopic (exact) mass is 450 g/mol. The number of carbonyl (C=O) groups is 2. The van der Waals surface area contributed by atoms with Gasteiger partial charge in [-0.25, -0.2) is 0 Å². The van der Waals surface area contributed by atoms with Gasteiger partial charge in [0.15, 0.2) is 0 Å². The van der Waals surface area contributed by atoms with Gasteiger partial charge in [0.05, 0.1) is 6.54 Å². The topological polar surface area (TPSA) is 58.2 Å². The van der Waals surface area contributed by atoms with Crippen LogP contribution in [0.4, 0.5) is 5.69 Å². The number of benzene rings is 2. The molecule has 2 aromatic carbocycles. The minimum Gasteiger partial charge on any atom is -0.343 e. The van der Waals surface area contributed by atoms with Crippen LogP contribution in [0.1, 0.15) is 11.1 Å². The third-order valence-corrected chi connectivity index (χ3v) is 4.42. The summed E-state index contributed by atoms with van der Waals surface area (Å²) in [6.45, 7) is 1.81. The molecule has 0 aliphatic heterocycles. The number of hydrogen-bond acceptors (Lipinski definition) is 2. The van der Waals surface area contributed by atoms with Crippen molar-refractivity contribution >= 4 is 55.4 Å². The summed E-state index contributed by atoms with van der Waals surface area (Å²) in [4.78, 5) is 23.7. The number of halogens is 2. The number of amides is 2. The van der Waals surface area contributed by atoms with Gasteiger partial charge in [-0.1, -0.05) is 50.1 Å². The molecule has 0 saturated heterocycles. The molecule has 124 valence electrons. The van der Waals surface area contributed by atoms with Crippen LogP contribution in [0.5, 0.6) is 0 Å². The van der Waals surface area contributed by atoms with Gasteiger partial charge in [0, 0.05) is 20.7 Å². The molecule has 0 spiro atoms. The highest BCUT2D eigenvalue weighted by Gasteiger charge is 2.06. The van der Waals surface area contributed by atoms with E-state index >= 15 is 0 Å². The number of anilines is 1. The zero-order chi connectivity index (χ0) is 17.5. The quantitative estimate of drug-likeness (QED) is 0.666. The fourth-order valence-electron chi connectivity index (χ4n) is 1.96. The first-order valence-corrected chi connectivity index (χ1v) is 8.81. The van der Waals surface area contributed by atoms with Gasteiger partial charge in [-0.15, -0.1) is 0 Å². The molecule has 0 aromatic heterocycles. The van der Waals surface area contributed by atoms with E-state index in [1.807, 2.05) is 49.4 Å². The minimum atomic E-state index is -0.326. The first-order valence-electron chi connectivity index (χ1n) is 7.22. The summed E-state index contributed by atoms with van der Waals surface area (Å²) in [5.74, 6) is -0.600. The van der Waals surface area contributed by atoms with Crippen molar-refractivity contribution in [1.29, 1.82) is 0 Å². The summed E-state index contributed by atoms with van der Waals surface area (Å²) >= 11 is 6.78. The van der Waals surface area contributed by atoms with Crippen molar-refractivity contribution in [2.75, 3.05) is 11.9 Å². The van der Waals surface area contributed by atoms with E-state index in [1.54, 1.807) is 6.08 Å². The van der Waals surface area contributed by atoms with Gasteiger partial charge in [0.1, 0.15) is 0 Å². The van der Waals surface area contributed by atoms with Gasteiger partial charge in [0.2, 0.25) is 11.8 Å². The van der Waals surface area contributed by atoms with E-state index in [-0.39, 0.29) is 18.4 Å². The summed E-state index contributed by atoms with van der Waals surface area (Å²) in [6.07, 6.45) is 3.09. The fraction of sp³-hybridized carbons (Fsp3) is 0.111. The van der Waals surface area contributed by atoms with Crippen molar-refractivity contribution in [2.24, 2.45) is 0 Å². The largest absolute Gasteiger partial charge is 0.343 e. The van der Waals surface area contributed by atoms with Crippen molar-refractivity contribution in [1.82, 2.24) is 5.32 Å². The van der Waals surface area contributed by atoms with Crippen LogP contribution in [0, 0.1) is 6.92 Å². The number of carbonyl (C=O) groups excluding carboxylic acids is 2. The molecule has 0 radical (unpaired) electrons.